The number of rotatable bonds is 5. The number of aliphatic carboxylic acids is 1. The molecule has 0 atom stereocenters. The molecule has 222 valence electrons. The van der Waals surface area contributed by atoms with Crippen molar-refractivity contribution in [1.29, 1.82) is 0 Å². The van der Waals surface area contributed by atoms with E-state index in [2.05, 4.69) is 74.5 Å². The molecule has 1 saturated heterocycles. The minimum atomic E-state index is -5.08. The van der Waals surface area contributed by atoms with E-state index in [1.807, 2.05) is 18.5 Å². The summed E-state index contributed by atoms with van der Waals surface area (Å²) in [5, 5.41) is 8.39. The highest BCUT2D eigenvalue weighted by molar-refractivity contribution is 5.82. The second kappa shape index (κ2) is 12.4. The molecule has 2 aliphatic rings. The number of halogens is 3. The molecular formula is C31H33F3N4O4. The average molecular weight is 583 g/mol. The van der Waals surface area contributed by atoms with Gasteiger partial charge in [-0.15, -0.1) is 0 Å². The lowest BCUT2D eigenvalue weighted by molar-refractivity contribution is -0.192. The van der Waals surface area contributed by atoms with Crippen molar-refractivity contribution < 1.29 is 32.5 Å². The molecular weight excluding hydrogens is 549 g/mol. The first kappa shape index (κ1) is 29.4. The number of pyridine rings is 1. The molecule has 1 spiro atoms. The van der Waals surface area contributed by atoms with Gasteiger partial charge in [0, 0.05) is 75.5 Å². The highest BCUT2D eigenvalue weighted by Crippen LogP contribution is 2.36. The van der Waals surface area contributed by atoms with Crippen LogP contribution in [-0.2, 0) is 24.4 Å². The van der Waals surface area contributed by atoms with Crippen LogP contribution in [-0.4, -0.2) is 69.4 Å². The van der Waals surface area contributed by atoms with E-state index in [0.29, 0.717) is 0 Å². The Bertz CT molecular complexity index is 1520. The Hall–Kier alpha value is -4.09. The molecule has 2 N–H and O–H groups in total. The normalized spacial score (nSPS) is 17.0. The smallest absolute Gasteiger partial charge is 0.490 e. The van der Waals surface area contributed by atoms with E-state index in [1.54, 1.807) is 7.11 Å². The van der Waals surface area contributed by atoms with Crippen molar-refractivity contribution in [1.82, 2.24) is 19.8 Å². The highest BCUT2D eigenvalue weighted by Gasteiger charge is 2.41. The number of hydrogen-bond donors (Lipinski definition) is 2. The number of benzene rings is 2. The fourth-order valence-electron chi connectivity index (χ4n) is 5.63. The Morgan fingerprint density at radius 2 is 1.86 bits per heavy atom. The van der Waals surface area contributed by atoms with Gasteiger partial charge in [0.15, 0.2) is 0 Å². The number of alkyl halides is 3. The molecule has 0 saturated carbocycles. The molecule has 0 radical (unpaired) electrons. The van der Waals surface area contributed by atoms with E-state index >= 15 is 0 Å². The van der Waals surface area contributed by atoms with Gasteiger partial charge < -0.3 is 19.6 Å². The molecule has 0 amide bonds. The number of carboxylic acids is 1. The van der Waals surface area contributed by atoms with Crippen molar-refractivity contribution in [2.45, 2.75) is 44.3 Å². The topological polar surface area (TPSA) is 90.9 Å². The van der Waals surface area contributed by atoms with Gasteiger partial charge in [0.1, 0.15) is 17.1 Å². The number of fused-ring (bicyclic) bond motifs is 2. The molecule has 4 aromatic rings. The third-order valence-corrected chi connectivity index (χ3v) is 7.72. The molecule has 0 bridgehead atoms. The van der Waals surface area contributed by atoms with Gasteiger partial charge in [-0.25, -0.2) is 4.79 Å². The summed E-state index contributed by atoms with van der Waals surface area (Å²) in [6.07, 6.45) is 2.85. The second-order valence-electron chi connectivity index (χ2n) is 10.7. The first-order valence-electron chi connectivity index (χ1n) is 13.7. The molecule has 1 fully saturated rings. The summed E-state index contributed by atoms with van der Waals surface area (Å²) in [5.41, 5.74) is 4.80. The first-order chi connectivity index (χ1) is 20.1. The number of nitrogens with zero attached hydrogens (tertiary/aromatic N) is 3. The predicted molar refractivity (Wildman–Crippen MR) is 151 cm³/mol. The van der Waals surface area contributed by atoms with Crippen LogP contribution in [0.25, 0.3) is 10.9 Å². The number of ether oxygens (including phenoxy) is 2. The number of likely N-dealkylation sites (tertiary alicyclic amines) is 1. The average Bonchev–Trinajstić information content (AvgIpc) is 3.31. The van der Waals surface area contributed by atoms with Gasteiger partial charge in [-0.2, -0.15) is 13.2 Å². The molecule has 2 aromatic heterocycles. The Morgan fingerprint density at radius 3 is 2.60 bits per heavy atom. The quantitative estimate of drug-likeness (QED) is 0.315. The van der Waals surface area contributed by atoms with Crippen molar-refractivity contribution in [3.05, 3.63) is 89.9 Å². The van der Waals surface area contributed by atoms with Gasteiger partial charge in [0.25, 0.3) is 0 Å². The van der Waals surface area contributed by atoms with Crippen LogP contribution in [0.1, 0.15) is 29.5 Å². The van der Waals surface area contributed by atoms with E-state index in [0.717, 1.165) is 69.1 Å². The lowest BCUT2D eigenvalue weighted by Gasteiger charge is -2.43. The Balaban J connectivity index is 0.000000451. The third kappa shape index (κ3) is 7.03. The lowest BCUT2D eigenvalue weighted by Crippen LogP contribution is -2.53. The largest absolute Gasteiger partial charge is 0.497 e. The third-order valence-electron chi connectivity index (χ3n) is 7.72. The number of nitrogens with one attached hydrogen (secondary N) is 1. The summed E-state index contributed by atoms with van der Waals surface area (Å²) < 4.78 is 44.0. The van der Waals surface area contributed by atoms with Crippen LogP contribution in [0, 0.1) is 0 Å². The van der Waals surface area contributed by atoms with Crippen molar-refractivity contribution >= 4 is 16.9 Å². The Kier molecular flexibility index (Phi) is 8.69. The first-order valence-corrected chi connectivity index (χ1v) is 13.7. The minimum Gasteiger partial charge on any atom is -0.497 e. The summed E-state index contributed by atoms with van der Waals surface area (Å²) in [7, 11) is 1.73. The summed E-state index contributed by atoms with van der Waals surface area (Å²) in [5.74, 6) is -0.809. The van der Waals surface area contributed by atoms with E-state index in [4.69, 9.17) is 19.4 Å². The molecule has 11 heteroatoms. The van der Waals surface area contributed by atoms with E-state index < -0.39 is 12.1 Å². The monoisotopic (exact) mass is 582 g/mol. The molecule has 2 aliphatic heterocycles. The van der Waals surface area contributed by atoms with Crippen LogP contribution >= 0.6 is 0 Å². The molecule has 2 aromatic carbocycles. The fourth-order valence-corrected chi connectivity index (χ4v) is 5.63. The maximum atomic E-state index is 10.6. The summed E-state index contributed by atoms with van der Waals surface area (Å²) in [6.45, 7) is 5.68. The lowest BCUT2D eigenvalue weighted by atomic mass is 9.90. The van der Waals surface area contributed by atoms with Crippen LogP contribution in [0.5, 0.6) is 11.5 Å². The number of methoxy groups -OCH3 is 1. The number of carboxylic acid groups (broad SMARTS) is 1. The van der Waals surface area contributed by atoms with Gasteiger partial charge in [-0.3, -0.25) is 14.8 Å². The van der Waals surface area contributed by atoms with Gasteiger partial charge in [0.2, 0.25) is 0 Å². The van der Waals surface area contributed by atoms with Crippen LogP contribution < -0.4 is 9.47 Å². The van der Waals surface area contributed by atoms with Crippen LogP contribution in [0.3, 0.4) is 0 Å². The number of carbonyl (C=O) groups is 1. The van der Waals surface area contributed by atoms with Gasteiger partial charge >= 0.3 is 12.1 Å². The highest BCUT2D eigenvalue weighted by atomic mass is 19.4. The predicted octanol–water partition coefficient (Wildman–Crippen LogP) is 5.63. The van der Waals surface area contributed by atoms with Crippen LogP contribution in [0.2, 0.25) is 0 Å². The van der Waals surface area contributed by atoms with Crippen molar-refractivity contribution in [2.24, 2.45) is 0 Å². The van der Waals surface area contributed by atoms with Crippen molar-refractivity contribution in [2.75, 3.05) is 26.7 Å². The maximum absolute atomic E-state index is 10.6. The van der Waals surface area contributed by atoms with Gasteiger partial charge in [0.05, 0.1) is 18.8 Å². The van der Waals surface area contributed by atoms with Crippen molar-refractivity contribution in [3.63, 3.8) is 0 Å². The molecule has 6 rings (SSSR count). The molecule has 42 heavy (non-hydrogen) atoms. The fraction of sp³-hybridized carbons (Fsp3) is 0.355. The molecule has 0 unspecified atom stereocenters. The van der Waals surface area contributed by atoms with Gasteiger partial charge in [-0.05, 0) is 35.4 Å². The molecule has 8 nitrogen and oxygen atoms in total. The Labute approximate surface area is 241 Å². The summed E-state index contributed by atoms with van der Waals surface area (Å²) >= 11 is 0. The number of aromatic nitrogens is 2. The molecule has 0 aliphatic carbocycles. The van der Waals surface area contributed by atoms with Crippen molar-refractivity contribution in [3.8, 4) is 11.5 Å². The van der Waals surface area contributed by atoms with E-state index in [-0.39, 0.29) is 5.60 Å². The number of aromatic amines is 1. The number of hydrogen-bond acceptors (Lipinski definition) is 6. The zero-order valence-electron chi connectivity index (χ0n) is 23.2. The number of H-pyrrole nitrogens is 1. The SMILES string of the molecule is COc1cccc(CN2Cc3ccccc3OC3(CCN(Cc4c[nH]c5cnccc45)CC3)C2)c1.O=C(O)C(F)(F)F. The van der Waals surface area contributed by atoms with E-state index in [9.17, 15) is 13.2 Å². The molecule has 4 heterocycles. The number of piperidine rings is 1. The van der Waals surface area contributed by atoms with Crippen LogP contribution in [0.4, 0.5) is 13.2 Å². The summed E-state index contributed by atoms with van der Waals surface area (Å²) in [4.78, 5) is 21.6. The standard InChI is InChI=1S/C29H32N4O2.C2HF3O2/c1-34-25-7-4-5-22(15-25)18-33-19-23-6-2-3-8-28(23)35-29(21-33)10-13-32(14-11-29)20-24-16-31-27-17-30-12-9-26(24)27;3-2(4,5)1(6)7/h2-9,12,15-17,31H,10-11,13-14,18-21H2,1H3;(H,6,7). The minimum absolute atomic E-state index is 0.174. The maximum Gasteiger partial charge on any atom is 0.490 e. The summed E-state index contributed by atoms with van der Waals surface area (Å²) in [6, 6.07) is 19.1. The van der Waals surface area contributed by atoms with Gasteiger partial charge in [-0.1, -0.05) is 30.3 Å². The zero-order valence-corrected chi connectivity index (χ0v) is 23.2. The zero-order chi connectivity index (χ0) is 29.7. The second-order valence-corrected chi connectivity index (χ2v) is 10.7. The van der Waals surface area contributed by atoms with Crippen LogP contribution in [0.15, 0.2) is 73.2 Å². The number of para-hydroxylation sites is 1. The Morgan fingerprint density at radius 1 is 1.10 bits per heavy atom. The van der Waals surface area contributed by atoms with E-state index in [1.165, 1.54) is 22.1 Å².